The second-order valence-electron chi connectivity index (χ2n) is 7.93. The van der Waals surface area contributed by atoms with Crippen LogP contribution in [0.3, 0.4) is 0 Å². The summed E-state index contributed by atoms with van der Waals surface area (Å²) in [6, 6.07) is 11.5. The van der Waals surface area contributed by atoms with Crippen LogP contribution in [0.25, 0.3) is 0 Å². The number of nitrogens with zero attached hydrogens (tertiary/aromatic N) is 1. The molecule has 6 heteroatoms. The first-order chi connectivity index (χ1) is 13.0. The minimum atomic E-state index is -0.796. The number of hydrogen-bond acceptors (Lipinski definition) is 3. The van der Waals surface area contributed by atoms with Crippen LogP contribution in [0.4, 0.5) is 5.69 Å². The zero-order chi connectivity index (χ0) is 20.8. The van der Waals surface area contributed by atoms with Gasteiger partial charge in [-0.15, -0.1) is 0 Å². The van der Waals surface area contributed by atoms with Crippen LogP contribution in [0.15, 0.2) is 53.8 Å². The maximum atomic E-state index is 13.1. The molecule has 0 spiro atoms. The zero-order valence-corrected chi connectivity index (χ0v) is 17.6. The third-order valence-electron chi connectivity index (χ3n) is 4.67. The molecule has 0 fully saturated rings. The Labute approximate surface area is 174 Å². The largest absolute Gasteiger partial charge is 0.503 e. The maximum absolute atomic E-state index is 13.1. The number of benzene rings is 2. The minimum Gasteiger partial charge on any atom is -0.503 e. The lowest BCUT2D eigenvalue weighted by atomic mass is 9.82. The summed E-state index contributed by atoms with van der Waals surface area (Å²) in [6.45, 7) is 7.16. The second kappa shape index (κ2) is 7.26. The number of hydrogen-bond donors (Lipinski definition) is 1. The Morgan fingerprint density at radius 3 is 2.32 bits per heavy atom. The van der Waals surface area contributed by atoms with Crippen molar-refractivity contribution in [2.75, 3.05) is 4.90 Å². The van der Waals surface area contributed by atoms with E-state index in [1.54, 1.807) is 45.0 Å². The number of Topliss-reactive ketones (excluding diaryl/α,β-unsaturated/α-hetero) is 1. The van der Waals surface area contributed by atoms with Gasteiger partial charge in [-0.3, -0.25) is 14.5 Å². The van der Waals surface area contributed by atoms with Gasteiger partial charge in [-0.2, -0.15) is 0 Å². The normalized spacial score (nSPS) is 17.4. The molecule has 1 unspecified atom stereocenters. The number of ketones is 1. The first kappa shape index (κ1) is 20.4. The van der Waals surface area contributed by atoms with Gasteiger partial charge in [-0.25, -0.2) is 0 Å². The van der Waals surface area contributed by atoms with E-state index in [0.717, 1.165) is 5.56 Å². The van der Waals surface area contributed by atoms with Crippen molar-refractivity contribution in [2.24, 2.45) is 5.41 Å². The molecule has 0 aliphatic carbocycles. The maximum Gasteiger partial charge on any atom is 0.294 e. The second-order valence-corrected chi connectivity index (χ2v) is 8.75. The summed E-state index contributed by atoms with van der Waals surface area (Å²) in [6.07, 6.45) is 0. The van der Waals surface area contributed by atoms with Crippen LogP contribution in [-0.2, 0) is 9.59 Å². The summed E-state index contributed by atoms with van der Waals surface area (Å²) >= 11 is 12.3. The van der Waals surface area contributed by atoms with E-state index in [1.807, 2.05) is 25.1 Å². The van der Waals surface area contributed by atoms with Gasteiger partial charge in [0.2, 0.25) is 0 Å². The van der Waals surface area contributed by atoms with Crippen LogP contribution in [0.1, 0.15) is 37.9 Å². The van der Waals surface area contributed by atoms with E-state index in [2.05, 4.69) is 0 Å². The molecule has 0 saturated heterocycles. The summed E-state index contributed by atoms with van der Waals surface area (Å²) in [5, 5.41) is 11.3. The standard InChI is InChI=1S/C22H21Cl2NO3/c1-12-6-5-7-14(10-12)25-18(13-8-9-15(23)16(24)11-13)17(19(26)21(25)28)20(27)22(2,3)4/h5-11,18,26H,1-4H3. The lowest BCUT2D eigenvalue weighted by Crippen LogP contribution is -2.32. The van der Waals surface area contributed by atoms with Gasteiger partial charge in [-0.05, 0) is 42.3 Å². The summed E-state index contributed by atoms with van der Waals surface area (Å²) in [5.74, 6) is -1.45. The van der Waals surface area contributed by atoms with Crippen molar-refractivity contribution in [3.8, 4) is 0 Å². The molecule has 0 radical (unpaired) electrons. The summed E-state index contributed by atoms with van der Waals surface area (Å²) in [4.78, 5) is 27.6. The summed E-state index contributed by atoms with van der Waals surface area (Å²) in [7, 11) is 0. The molecule has 1 N–H and O–H groups in total. The Balaban J connectivity index is 2.24. The fourth-order valence-corrected chi connectivity index (χ4v) is 3.59. The molecule has 1 amide bonds. The molecule has 1 aliphatic heterocycles. The Kier molecular flexibility index (Phi) is 5.30. The molecular formula is C22H21Cl2NO3. The molecule has 0 aromatic heterocycles. The predicted molar refractivity (Wildman–Crippen MR) is 112 cm³/mol. The number of amides is 1. The van der Waals surface area contributed by atoms with Crippen molar-refractivity contribution in [1.82, 2.24) is 0 Å². The molecule has 0 saturated carbocycles. The Bertz CT molecular complexity index is 1010. The average Bonchev–Trinajstić information content (AvgIpc) is 2.87. The number of aliphatic hydroxyl groups excluding tert-OH is 1. The van der Waals surface area contributed by atoms with Crippen LogP contribution in [-0.4, -0.2) is 16.8 Å². The van der Waals surface area contributed by atoms with Crippen molar-refractivity contribution in [1.29, 1.82) is 0 Å². The van der Waals surface area contributed by atoms with Gasteiger partial charge in [0.25, 0.3) is 5.91 Å². The molecule has 3 rings (SSSR count). The molecule has 2 aromatic rings. The lowest BCUT2D eigenvalue weighted by Gasteiger charge is -2.29. The summed E-state index contributed by atoms with van der Waals surface area (Å²) in [5.41, 5.74) is 1.43. The quantitative estimate of drug-likeness (QED) is 0.684. The Morgan fingerprint density at radius 2 is 1.75 bits per heavy atom. The highest BCUT2D eigenvalue weighted by molar-refractivity contribution is 6.42. The molecular weight excluding hydrogens is 397 g/mol. The van der Waals surface area contributed by atoms with E-state index < -0.39 is 23.1 Å². The van der Waals surface area contributed by atoms with Crippen LogP contribution in [0.2, 0.25) is 10.0 Å². The van der Waals surface area contributed by atoms with Crippen LogP contribution < -0.4 is 4.90 Å². The van der Waals surface area contributed by atoms with E-state index in [1.165, 1.54) is 4.90 Å². The van der Waals surface area contributed by atoms with Gasteiger partial charge < -0.3 is 5.11 Å². The number of rotatable bonds is 3. The van der Waals surface area contributed by atoms with E-state index in [-0.39, 0.29) is 11.4 Å². The predicted octanol–water partition coefficient (Wildman–Crippen LogP) is 5.82. The van der Waals surface area contributed by atoms with E-state index in [9.17, 15) is 14.7 Å². The number of anilines is 1. The van der Waals surface area contributed by atoms with Crippen molar-refractivity contribution in [3.63, 3.8) is 0 Å². The van der Waals surface area contributed by atoms with Crippen molar-refractivity contribution in [2.45, 2.75) is 33.7 Å². The van der Waals surface area contributed by atoms with Gasteiger partial charge in [0.1, 0.15) is 0 Å². The molecule has 146 valence electrons. The number of halogens is 2. The summed E-state index contributed by atoms with van der Waals surface area (Å²) < 4.78 is 0. The van der Waals surface area contributed by atoms with E-state index in [0.29, 0.717) is 21.3 Å². The number of aliphatic hydroxyl groups is 1. The molecule has 4 nitrogen and oxygen atoms in total. The average molecular weight is 418 g/mol. The highest BCUT2D eigenvalue weighted by Gasteiger charge is 2.46. The number of carbonyl (C=O) groups is 2. The van der Waals surface area contributed by atoms with Gasteiger partial charge in [0.15, 0.2) is 11.5 Å². The molecule has 1 aliphatic rings. The highest BCUT2D eigenvalue weighted by atomic mass is 35.5. The monoisotopic (exact) mass is 417 g/mol. The lowest BCUT2D eigenvalue weighted by molar-refractivity contribution is -0.123. The van der Waals surface area contributed by atoms with Gasteiger partial charge in [-0.1, -0.05) is 62.2 Å². The first-order valence-electron chi connectivity index (χ1n) is 8.85. The smallest absolute Gasteiger partial charge is 0.294 e. The number of aryl methyl sites for hydroxylation is 1. The molecule has 28 heavy (non-hydrogen) atoms. The molecule has 0 bridgehead atoms. The van der Waals surface area contributed by atoms with Gasteiger partial charge in [0.05, 0.1) is 21.7 Å². The number of carbonyl (C=O) groups excluding carboxylic acids is 2. The topological polar surface area (TPSA) is 57.6 Å². The first-order valence-corrected chi connectivity index (χ1v) is 9.61. The van der Waals surface area contributed by atoms with E-state index in [4.69, 9.17) is 23.2 Å². The zero-order valence-electron chi connectivity index (χ0n) is 16.1. The SMILES string of the molecule is Cc1cccc(N2C(=O)C(O)=C(C(=O)C(C)(C)C)C2c2ccc(Cl)c(Cl)c2)c1. The fraction of sp³-hybridized carbons (Fsp3) is 0.273. The molecule has 2 aromatic carbocycles. The third-order valence-corrected chi connectivity index (χ3v) is 5.41. The van der Waals surface area contributed by atoms with Crippen LogP contribution in [0.5, 0.6) is 0 Å². The van der Waals surface area contributed by atoms with Crippen LogP contribution in [0, 0.1) is 12.3 Å². The highest BCUT2D eigenvalue weighted by Crippen LogP contribution is 2.44. The van der Waals surface area contributed by atoms with E-state index >= 15 is 0 Å². The Morgan fingerprint density at radius 1 is 1.07 bits per heavy atom. The molecule has 1 heterocycles. The Hall–Kier alpha value is -2.30. The fourth-order valence-electron chi connectivity index (χ4n) is 3.28. The van der Waals surface area contributed by atoms with Gasteiger partial charge >= 0.3 is 0 Å². The van der Waals surface area contributed by atoms with Crippen molar-refractivity contribution < 1.29 is 14.7 Å². The van der Waals surface area contributed by atoms with Gasteiger partial charge in [0, 0.05) is 11.1 Å². The van der Waals surface area contributed by atoms with Crippen molar-refractivity contribution >= 4 is 40.6 Å². The molecule has 1 atom stereocenters. The van der Waals surface area contributed by atoms with Crippen molar-refractivity contribution in [3.05, 3.63) is 75.0 Å². The van der Waals surface area contributed by atoms with Crippen LogP contribution >= 0.6 is 23.2 Å². The minimum absolute atomic E-state index is 0.0670. The third kappa shape index (κ3) is 3.54.